The second-order valence-electron chi connectivity index (χ2n) is 4.86. The number of nitrogens with one attached hydrogen (secondary N) is 1. The van der Waals surface area contributed by atoms with E-state index in [2.05, 4.69) is 12.2 Å². The smallest absolute Gasteiger partial charge is 0.220 e. The molecule has 114 valence electrons. The van der Waals surface area contributed by atoms with E-state index in [-0.39, 0.29) is 24.0 Å². The molecule has 1 unspecified atom stereocenters. The van der Waals surface area contributed by atoms with Gasteiger partial charge in [0.1, 0.15) is 0 Å². The average molecular weight is 292 g/mol. The zero-order valence-corrected chi connectivity index (χ0v) is 13.0. The molecule has 1 atom stereocenters. The van der Waals surface area contributed by atoms with Gasteiger partial charge in [0.05, 0.1) is 5.75 Å². The summed E-state index contributed by atoms with van der Waals surface area (Å²) in [4.78, 5) is 11.6. The third-order valence-corrected chi connectivity index (χ3v) is 4.93. The summed E-state index contributed by atoms with van der Waals surface area (Å²) in [6, 6.07) is 0. The first-order valence-corrected chi connectivity index (χ1v) is 8.94. The van der Waals surface area contributed by atoms with E-state index in [0.717, 1.165) is 25.7 Å². The molecule has 1 amide bonds. The number of nitrogens with two attached hydrogens (primary N) is 1. The van der Waals surface area contributed by atoms with Crippen LogP contribution in [0.3, 0.4) is 0 Å². The minimum atomic E-state index is -2.99. The predicted molar refractivity (Wildman–Crippen MR) is 78.6 cm³/mol. The Bertz CT molecular complexity index is 336. The molecule has 6 heteroatoms. The van der Waals surface area contributed by atoms with E-state index < -0.39 is 9.84 Å². The number of carbonyl (C=O) groups is 1. The maximum atomic E-state index is 11.6. The fourth-order valence-electron chi connectivity index (χ4n) is 1.99. The van der Waals surface area contributed by atoms with Gasteiger partial charge in [-0.25, -0.2) is 8.42 Å². The molecule has 19 heavy (non-hydrogen) atoms. The van der Waals surface area contributed by atoms with Crippen LogP contribution in [0.15, 0.2) is 0 Å². The van der Waals surface area contributed by atoms with E-state index in [1.165, 1.54) is 0 Å². The summed E-state index contributed by atoms with van der Waals surface area (Å²) in [6.45, 7) is 4.60. The molecular formula is C13H28N2O3S. The molecule has 0 radical (unpaired) electrons. The molecule has 0 spiro atoms. The van der Waals surface area contributed by atoms with Gasteiger partial charge in [0, 0.05) is 18.7 Å². The summed E-state index contributed by atoms with van der Waals surface area (Å²) < 4.78 is 22.5. The highest BCUT2D eigenvalue weighted by molar-refractivity contribution is 7.91. The lowest BCUT2D eigenvalue weighted by Gasteiger charge is -2.14. The quantitative estimate of drug-likeness (QED) is 0.596. The van der Waals surface area contributed by atoms with Gasteiger partial charge in [-0.1, -0.05) is 26.7 Å². The van der Waals surface area contributed by atoms with Crippen LogP contribution < -0.4 is 11.1 Å². The molecule has 0 saturated carbocycles. The van der Waals surface area contributed by atoms with Crippen molar-refractivity contribution in [2.24, 2.45) is 11.7 Å². The van der Waals surface area contributed by atoms with Gasteiger partial charge in [0.2, 0.25) is 5.91 Å². The van der Waals surface area contributed by atoms with Gasteiger partial charge >= 0.3 is 0 Å². The Morgan fingerprint density at radius 3 is 2.42 bits per heavy atom. The van der Waals surface area contributed by atoms with Crippen molar-refractivity contribution < 1.29 is 13.2 Å². The molecule has 0 saturated heterocycles. The highest BCUT2D eigenvalue weighted by Crippen LogP contribution is 2.16. The number of sulfone groups is 1. The van der Waals surface area contributed by atoms with Crippen molar-refractivity contribution in [3.05, 3.63) is 0 Å². The van der Waals surface area contributed by atoms with Gasteiger partial charge in [-0.3, -0.25) is 4.79 Å². The van der Waals surface area contributed by atoms with E-state index in [1.54, 1.807) is 6.92 Å². The largest absolute Gasteiger partial charge is 0.355 e. The van der Waals surface area contributed by atoms with Crippen molar-refractivity contribution in [3.8, 4) is 0 Å². The Hall–Kier alpha value is -0.620. The van der Waals surface area contributed by atoms with Gasteiger partial charge in [-0.05, 0) is 25.3 Å². The molecule has 0 aliphatic rings. The van der Waals surface area contributed by atoms with E-state index >= 15 is 0 Å². The molecule has 0 aromatic heterocycles. The fraction of sp³-hybridized carbons (Fsp3) is 0.923. The zero-order valence-electron chi connectivity index (χ0n) is 12.2. The van der Waals surface area contributed by atoms with Crippen LogP contribution in [-0.4, -0.2) is 38.9 Å². The van der Waals surface area contributed by atoms with Gasteiger partial charge in [0.15, 0.2) is 9.84 Å². The number of amides is 1. The van der Waals surface area contributed by atoms with E-state index in [0.29, 0.717) is 18.9 Å². The molecule has 0 heterocycles. The first-order chi connectivity index (χ1) is 8.95. The second kappa shape index (κ2) is 10.2. The topological polar surface area (TPSA) is 89.3 Å². The van der Waals surface area contributed by atoms with Crippen molar-refractivity contribution in [1.29, 1.82) is 0 Å². The molecule has 3 N–H and O–H groups in total. The third-order valence-electron chi connectivity index (χ3n) is 3.23. The van der Waals surface area contributed by atoms with Crippen LogP contribution in [0.2, 0.25) is 0 Å². The van der Waals surface area contributed by atoms with Crippen molar-refractivity contribution in [1.82, 2.24) is 5.32 Å². The Kier molecular flexibility index (Phi) is 9.87. The summed E-state index contributed by atoms with van der Waals surface area (Å²) in [5.74, 6) is 0.582. The van der Waals surface area contributed by atoms with Crippen LogP contribution in [0.5, 0.6) is 0 Å². The van der Waals surface area contributed by atoms with Gasteiger partial charge in [0.25, 0.3) is 0 Å². The summed E-state index contributed by atoms with van der Waals surface area (Å²) in [7, 11) is -2.99. The van der Waals surface area contributed by atoms with Crippen LogP contribution in [0, 0.1) is 5.92 Å². The minimum Gasteiger partial charge on any atom is -0.355 e. The van der Waals surface area contributed by atoms with Crippen molar-refractivity contribution >= 4 is 15.7 Å². The second-order valence-corrected chi connectivity index (χ2v) is 7.33. The van der Waals surface area contributed by atoms with Gasteiger partial charge in [-0.15, -0.1) is 0 Å². The minimum absolute atomic E-state index is 0.0242. The van der Waals surface area contributed by atoms with E-state index in [9.17, 15) is 13.2 Å². The Morgan fingerprint density at radius 1 is 1.21 bits per heavy atom. The van der Waals surface area contributed by atoms with Crippen LogP contribution in [0.4, 0.5) is 0 Å². The Morgan fingerprint density at radius 2 is 1.89 bits per heavy atom. The summed E-state index contributed by atoms with van der Waals surface area (Å²) >= 11 is 0. The Balaban J connectivity index is 3.85. The summed E-state index contributed by atoms with van der Waals surface area (Å²) in [5, 5.41) is 2.66. The van der Waals surface area contributed by atoms with Crippen molar-refractivity contribution in [2.75, 3.05) is 24.6 Å². The lowest BCUT2D eigenvalue weighted by atomic mass is 9.94. The van der Waals surface area contributed by atoms with Crippen molar-refractivity contribution in [2.45, 2.75) is 46.0 Å². The number of hydrogen-bond acceptors (Lipinski definition) is 4. The SMILES string of the molecule is CCCC(CCN)CCC(=O)NCCS(=O)(=O)CC. The Labute approximate surface area is 117 Å². The first-order valence-electron chi connectivity index (χ1n) is 7.12. The fourth-order valence-corrected chi connectivity index (χ4v) is 2.69. The third kappa shape index (κ3) is 9.90. The normalized spacial score (nSPS) is 13.2. The highest BCUT2D eigenvalue weighted by Gasteiger charge is 2.11. The van der Waals surface area contributed by atoms with E-state index in [1.807, 2.05) is 0 Å². The van der Waals surface area contributed by atoms with Crippen LogP contribution in [0.1, 0.15) is 46.0 Å². The monoisotopic (exact) mass is 292 g/mol. The number of rotatable bonds is 11. The maximum Gasteiger partial charge on any atom is 0.220 e. The average Bonchev–Trinajstić information content (AvgIpc) is 2.36. The van der Waals surface area contributed by atoms with E-state index in [4.69, 9.17) is 5.73 Å². The molecule has 0 aliphatic heterocycles. The lowest BCUT2D eigenvalue weighted by molar-refractivity contribution is -0.121. The van der Waals surface area contributed by atoms with Crippen LogP contribution in [-0.2, 0) is 14.6 Å². The number of hydrogen-bond donors (Lipinski definition) is 2. The first kappa shape index (κ1) is 18.4. The molecule has 0 rings (SSSR count). The van der Waals surface area contributed by atoms with Gasteiger partial charge < -0.3 is 11.1 Å². The standard InChI is InChI=1S/C13H28N2O3S/c1-3-5-12(8-9-14)6-7-13(16)15-10-11-19(17,18)4-2/h12H,3-11,14H2,1-2H3,(H,15,16). The van der Waals surface area contributed by atoms with Gasteiger partial charge in [-0.2, -0.15) is 0 Å². The molecular weight excluding hydrogens is 264 g/mol. The van der Waals surface area contributed by atoms with Crippen molar-refractivity contribution in [3.63, 3.8) is 0 Å². The molecule has 0 bridgehead atoms. The zero-order chi connectivity index (χ0) is 14.7. The molecule has 0 fully saturated rings. The highest BCUT2D eigenvalue weighted by atomic mass is 32.2. The molecule has 5 nitrogen and oxygen atoms in total. The van der Waals surface area contributed by atoms with Crippen LogP contribution in [0.25, 0.3) is 0 Å². The summed E-state index contributed by atoms with van der Waals surface area (Å²) in [5.41, 5.74) is 5.54. The molecule has 0 aromatic carbocycles. The number of carbonyl (C=O) groups excluding carboxylic acids is 1. The molecule has 0 aliphatic carbocycles. The van der Waals surface area contributed by atoms with Crippen LogP contribution >= 0.6 is 0 Å². The molecule has 0 aromatic rings. The maximum absolute atomic E-state index is 11.6. The summed E-state index contributed by atoms with van der Waals surface area (Å²) in [6.07, 6.45) is 4.43. The predicted octanol–water partition coefficient (Wildman–Crippen LogP) is 1.08. The lowest BCUT2D eigenvalue weighted by Crippen LogP contribution is -2.29.